The number of amides is 1. The Bertz CT molecular complexity index is 470. The smallest absolute Gasteiger partial charge is 0.258 e. The van der Waals surface area contributed by atoms with Crippen LogP contribution in [0.1, 0.15) is 39.2 Å². The summed E-state index contributed by atoms with van der Waals surface area (Å²) in [5.41, 5.74) is 6.30. The number of rotatable bonds is 8. The van der Waals surface area contributed by atoms with Crippen molar-refractivity contribution < 1.29 is 9.53 Å². The summed E-state index contributed by atoms with van der Waals surface area (Å²) < 4.78 is 5.45. The summed E-state index contributed by atoms with van der Waals surface area (Å²) >= 11 is 4.88. The molecular weight excluding hydrogens is 284 g/mol. The van der Waals surface area contributed by atoms with Crippen molar-refractivity contribution in [1.29, 1.82) is 0 Å². The zero-order chi connectivity index (χ0) is 15.8. The van der Waals surface area contributed by atoms with Crippen LogP contribution in [0.5, 0.6) is 5.75 Å². The molecule has 1 atom stereocenters. The van der Waals surface area contributed by atoms with E-state index < -0.39 is 0 Å². The van der Waals surface area contributed by atoms with Crippen molar-refractivity contribution in [3.05, 3.63) is 29.8 Å². The van der Waals surface area contributed by atoms with E-state index in [9.17, 15) is 4.79 Å². The Balaban J connectivity index is 2.44. The summed E-state index contributed by atoms with van der Waals surface area (Å²) in [5.74, 6) is 1.02. The van der Waals surface area contributed by atoms with Gasteiger partial charge < -0.3 is 15.8 Å². The van der Waals surface area contributed by atoms with Gasteiger partial charge in [0.05, 0.1) is 0 Å². The maximum absolute atomic E-state index is 11.9. The van der Waals surface area contributed by atoms with Crippen LogP contribution < -0.4 is 15.8 Å². The Kier molecular flexibility index (Phi) is 7.15. The average molecular weight is 308 g/mol. The van der Waals surface area contributed by atoms with E-state index in [4.69, 9.17) is 22.7 Å². The Morgan fingerprint density at radius 1 is 1.29 bits per heavy atom. The third-order valence-corrected chi connectivity index (χ3v) is 3.89. The minimum absolute atomic E-state index is 0.0108. The number of carbonyl (C=O) groups excluding carboxylic acids is 1. The minimum atomic E-state index is -0.104. The largest absolute Gasteiger partial charge is 0.484 e. The highest BCUT2D eigenvalue weighted by atomic mass is 32.1. The molecule has 3 N–H and O–H groups in total. The van der Waals surface area contributed by atoms with Crippen LogP contribution in [0.2, 0.25) is 0 Å². The molecule has 1 amide bonds. The molecule has 4 nitrogen and oxygen atoms in total. The van der Waals surface area contributed by atoms with Crippen molar-refractivity contribution in [2.24, 2.45) is 11.7 Å². The van der Waals surface area contributed by atoms with Crippen LogP contribution in [0, 0.1) is 5.92 Å². The van der Waals surface area contributed by atoms with Crippen LogP contribution in [0.15, 0.2) is 24.3 Å². The molecule has 0 fully saturated rings. The van der Waals surface area contributed by atoms with Crippen molar-refractivity contribution in [2.45, 2.75) is 39.7 Å². The van der Waals surface area contributed by atoms with Crippen LogP contribution in [0.4, 0.5) is 0 Å². The molecule has 0 saturated carbocycles. The highest BCUT2D eigenvalue weighted by Crippen LogP contribution is 2.13. The van der Waals surface area contributed by atoms with Crippen LogP contribution in [-0.4, -0.2) is 23.5 Å². The fourth-order valence-corrected chi connectivity index (χ4v) is 2.41. The van der Waals surface area contributed by atoms with Gasteiger partial charge in [-0.1, -0.05) is 38.9 Å². The molecule has 0 aliphatic heterocycles. The minimum Gasteiger partial charge on any atom is -0.484 e. The molecule has 0 aliphatic carbocycles. The lowest BCUT2D eigenvalue weighted by Crippen LogP contribution is -2.40. The summed E-state index contributed by atoms with van der Waals surface area (Å²) in [4.78, 5) is 12.2. The second-order valence-electron chi connectivity index (χ2n) is 5.11. The van der Waals surface area contributed by atoms with Crippen LogP contribution in [0.3, 0.4) is 0 Å². The van der Waals surface area contributed by atoms with E-state index in [2.05, 4.69) is 19.2 Å². The number of carbonyl (C=O) groups is 1. The van der Waals surface area contributed by atoms with E-state index in [1.165, 1.54) is 0 Å². The fraction of sp³-hybridized carbons (Fsp3) is 0.500. The molecule has 5 heteroatoms. The Morgan fingerprint density at radius 2 is 1.86 bits per heavy atom. The number of hydrogen-bond acceptors (Lipinski definition) is 3. The molecule has 1 aromatic carbocycles. The monoisotopic (exact) mass is 308 g/mol. The van der Waals surface area contributed by atoms with Crippen LogP contribution in [-0.2, 0) is 4.79 Å². The SMILES string of the molecule is CCC(CC)C(C)NC(=O)COc1ccc(C(N)=S)cc1. The van der Waals surface area contributed by atoms with E-state index >= 15 is 0 Å². The van der Waals surface area contributed by atoms with Gasteiger partial charge in [0, 0.05) is 11.6 Å². The lowest BCUT2D eigenvalue weighted by molar-refractivity contribution is -0.124. The topological polar surface area (TPSA) is 64.3 Å². The number of thiocarbonyl (C=S) groups is 1. The van der Waals surface area contributed by atoms with E-state index in [-0.39, 0.29) is 18.6 Å². The second kappa shape index (κ2) is 8.62. The molecule has 116 valence electrons. The van der Waals surface area contributed by atoms with Crippen molar-refractivity contribution >= 4 is 23.1 Å². The highest BCUT2D eigenvalue weighted by Gasteiger charge is 2.15. The van der Waals surface area contributed by atoms with Gasteiger partial charge in [0.2, 0.25) is 0 Å². The molecule has 0 aromatic heterocycles. The van der Waals surface area contributed by atoms with Gasteiger partial charge in [-0.05, 0) is 37.1 Å². The first-order valence-electron chi connectivity index (χ1n) is 7.29. The van der Waals surface area contributed by atoms with E-state index in [0.717, 1.165) is 18.4 Å². The molecular formula is C16H24N2O2S. The molecule has 0 saturated heterocycles. The van der Waals surface area contributed by atoms with Gasteiger partial charge in [-0.3, -0.25) is 4.79 Å². The molecule has 0 bridgehead atoms. The zero-order valence-corrected chi connectivity index (χ0v) is 13.7. The molecule has 21 heavy (non-hydrogen) atoms. The molecule has 1 aromatic rings. The number of benzene rings is 1. The van der Waals surface area contributed by atoms with E-state index in [1.54, 1.807) is 24.3 Å². The number of nitrogens with one attached hydrogen (secondary N) is 1. The Labute approximate surface area is 132 Å². The number of hydrogen-bond donors (Lipinski definition) is 2. The lowest BCUT2D eigenvalue weighted by atomic mass is 9.95. The Morgan fingerprint density at radius 3 is 2.33 bits per heavy atom. The zero-order valence-electron chi connectivity index (χ0n) is 12.9. The van der Waals surface area contributed by atoms with Crippen molar-refractivity contribution in [3.8, 4) is 5.75 Å². The predicted octanol–water partition coefficient (Wildman–Crippen LogP) is 2.64. The third kappa shape index (κ3) is 5.71. The van der Waals surface area contributed by atoms with E-state index in [0.29, 0.717) is 16.7 Å². The molecule has 1 rings (SSSR count). The Hall–Kier alpha value is -1.62. The van der Waals surface area contributed by atoms with E-state index in [1.807, 2.05) is 6.92 Å². The number of nitrogens with two attached hydrogens (primary N) is 1. The van der Waals surface area contributed by atoms with Gasteiger partial charge in [0.15, 0.2) is 6.61 Å². The molecule has 0 heterocycles. The van der Waals surface area contributed by atoms with Crippen LogP contribution >= 0.6 is 12.2 Å². The van der Waals surface area contributed by atoms with Crippen LogP contribution in [0.25, 0.3) is 0 Å². The highest BCUT2D eigenvalue weighted by molar-refractivity contribution is 7.80. The predicted molar refractivity (Wildman–Crippen MR) is 89.5 cm³/mol. The second-order valence-corrected chi connectivity index (χ2v) is 5.55. The van der Waals surface area contributed by atoms with Gasteiger partial charge in [-0.15, -0.1) is 0 Å². The summed E-state index contributed by atoms with van der Waals surface area (Å²) in [6.07, 6.45) is 2.11. The first-order chi connectivity index (χ1) is 9.97. The standard InChI is InChI=1S/C16H24N2O2S/c1-4-12(5-2)11(3)18-15(19)10-20-14-8-6-13(7-9-14)16(17)21/h6-9,11-12H,4-5,10H2,1-3H3,(H2,17,21)(H,18,19). The fourth-order valence-electron chi connectivity index (χ4n) is 2.27. The average Bonchev–Trinajstić information content (AvgIpc) is 2.46. The normalized spacial score (nSPS) is 12.0. The van der Waals surface area contributed by atoms with Crippen molar-refractivity contribution in [1.82, 2.24) is 5.32 Å². The van der Waals surface area contributed by atoms with Gasteiger partial charge >= 0.3 is 0 Å². The summed E-state index contributed by atoms with van der Waals surface area (Å²) in [6, 6.07) is 7.23. The third-order valence-electron chi connectivity index (χ3n) is 3.65. The van der Waals surface area contributed by atoms with Gasteiger partial charge in [0.25, 0.3) is 5.91 Å². The lowest BCUT2D eigenvalue weighted by Gasteiger charge is -2.22. The van der Waals surface area contributed by atoms with Gasteiger partial charge in [0.1, 0.15) is 10.7 Å². The summed E-state index contributed by atoms with van der Waals surface area (Å²) in [5, 5.41) is 2.98. The van der Waals surface area contributed by atoms with Crippen molar-refractivity contribution in [3.63, 3.8) is 0 Å². The molecule has 0 spiro atoms. The maximum atomic E-state index is 11.9. The molecule has 0 radical (unpaired) electrons. The number of ether oxygens (including phenoxy) is 1. The van der Waals surface area contributed by atoms with Gasteiger partial charge in [-0.25, -0.2) is 0 Å². The molecule has 1 unspecified atom stereocenters. The quantitative estimate of drug-likeness (QED) is 0.725. The molecule has 0 aliphatic rings. The summed E-state index contributed by atoms with van der Waals surface area (Å²) in [7, 11) is 0. The first kappa shape index (κ1) is 17.4. The summed E-state index contributed by atoms with van der Waals surface area (Å²) in [6.45, 7) is 6.32. The van der Waals surface area contributed by atoms with Gasteiger partial charge in [-0.2, -0.15) is 0 Å². The maximum Gasteiger partial charge on any atom is 0.258 e. The van der Waals surface area contributed by atoms with Crippen molar-refractivity contribution in [2.75, 3.05) is 6.61 Å². The first-order valence-corrected chi connectivity index (χ1v) is 7.70.